The van der Waals surface area contributed by atoms with Crippen LogP contribution in [0.3, 0.4) is 0 Å². The number of hydrogen-bond acceptors (Lipinski definition) is 8. The fraction of sp³-hybridized carbons (Fsp3) is 0.714. The van der Waals surface area contributed by atoms with E-state index in [-0.39, 0.29) is 26.1 Å². The van der Waals surface area contributed by atoms with Crippen molar-refractivity contribution in [3.05, 3.63) is 60.8 Å². The van der Waals surface area contributed by atoms with Gasteiger partial charge in [0.05, 0.1) is 27.7 Å². The van der Waals surface area contributed by atoms with Crippen molar-refractivity contribution in [2.75, 3.05) is 47.5 Å². The summed E-state index contributed by atoms with van der Waals surface area (Å²) in [5.41, 5.74) is 0. The molecule has 0 aromatic heterocycles. The summed E-state index contributed by atoms with van der Waals surface area (Å²) in [6.07, 6.45) is 39.7. The van der Waals surface area contributed by atoms with Crippen LogP contribution in [0.15, 0.2) is 60.8 Å². The van der Waals surface area contributed by atoms with Crippen LogP contribution < -0.4 is 4.89 Å². The molecule has 0 amide bonds. The van der Waals surface area contributed by atoms with Crippen LogP contribution in [0.4, 0.5) is 0 Å². The minimum atomic E-state index is -4.63. The molecular weight excluding hydrogens is 677 g/mol. The molecule has 0 N–H and O–H groups in total. The van der Waals surface area contributed by atoms with E-state index in [9.17, 15) is 19.0 Å². The van der Waals surface area contributed by atoms with E-state index in [1.54, 1.807) is 0 Å². The summed E-state index contributed by atoms with van der Waals surface area (Å²) in [6, 6.07) is 0. The first-order chi connectivity index (χ1) is 25.0. The first kappa shape index (κ1) is 49.7. The zero-order valence-corrected chi connectivity index (χ0v) is 34.4. The number of phosphoric acid groups is 1. The zero-order chi connectivity index (χ0) is 38.6. The normalized spacial score (nSPS) is 14.3. The third-order valence-electron chi connectivity index (χ3n) is 8.01. The number of rotatable bonds is 35. The molecule has 10 heteroatoms. The zero-order valence-electron chi connectivity index (χ0n) is 33.5. The molecule has 0 aliphatic rings. The Morgan fingerprint density at radius 3 is 1.67 bits per heavy atom. The molecule has 0 aliphatic heterocycles. The van der Waals surface area contributed by atoms with E-state index in [0.717, 1.165) is 64.2 Å². The summed E-state index contributed by atoms with van der Waals surface area (Å²) in [6.45, 7) is 4.05. The number of phosphoric ester groups is 1. The molecule has 0 aromatic carbocycles. The molecule has 0 bridgehead atoms. The van der Waals surface area contributed by atoms with Gasteiger partial charge in [0.15, 0.2) is 6.10 Å². The summed E-state index contributed by atoms with van der Waals surface area (Å²) in [5, 5.41) is 0. The third-order valence-corrected chi connectivity index (χ3v) is 8.97. The molecule has 0 aliphatic carbocycles. The van der Waals surface area contributed by atoms with Crippen LogP contribution in [-0.4, -0.2) is 70.0 Å². The van der Waals surface area contributed by atoms with Gasteiger partial charge in [-0.3, -0.25) is 14.2 Å². The number of likely N-dealkylation sites (N-methyl/N-ethyl adjacent to an activating group) is 1. The highest BCUT2D eigenvalue weighted by atomic mass is 31.2. The van der Waals surface area contributed by atoms with Gasteiger partial charge in [-0.05, 0) is 70.6 Å². The lowest BCUT2D eigenvalue weighted by atomic mass is 10.1. The van der Waals surface area contributed by atoms with E-state index < -0.39 is 32.5 Å². The van der Waals surface area contributed by atoms with Crippen LogP contribution in [0.2, 0.25) is 0 Å². The Morgan fingerprint density at radius 1 is 0.596 bits per heavy atom. The maximum absolute atomic E-state index is 12.6. The SMILES string of the molecule is CCCC/C=C\CCCCCCCC(=O)O[C@H](COC(=O)CCC/C=C\C/C=C\C/C=C\C/C=C\CCCCC)COP(=O)([O-])OCC[N+](C)(C)C. The topological polar surface area (TPSA) is 111 Å². The molecule has 9 nitrogen and oxygen atoms in total. The molecule has 0 spiro atoms. The second-order valence-corrected chi connectivity index (χ2v) is 15.7. The number of unbranched alkanes of at least 4 members (excludes halogenated alkanes) is 11. The Bertz CT molecular complexity index is 1080. The average Bonchev–Trinajstić information content (AvgIpc) is 3.09. The molecule has 0 rings (SSSR count). The van der Waals surface area contributed by atoms with E-state index in [1.807, 2.05) is 27.2 Å². The van der Waals surface area contributed by atoms with Crippen LogP contribution in [0.1, 0.15) is 142 Å². The van der Waals surface area contributed by atoms with Gasteiger partial charge < -0.3 is 27.9 Å². The van der Waals surface area contributed by atoms with Crippen molar-refractivity contribution in [2.45, 2.75) is 148 Å². The lowest BCUT2D eigenvalue weighted by Crippen LogP contribution is -2.37. The van der Waals surface area contributed by atoms with Crippen molar-refractivity contribution in [1.29, 1.82) is 0 Å². The Balaban J connectivity index is 4.52. The van der Waals surface area contributed by atoms with Crippen molar-refractivity contribution in [3.8, 4) is 0 Å². The highest BCUT2D eigenvalue weighted by Crippen LogP contribution is 2.38. The maximum atomic E-state index is 12.6. The average molecular weight is 752 g/mol. The molecule has 2 atom stereocenters. The van der Waals surface area contributed by atoms with Crippen LogP contribution in [-0.2, 0) is 32.7 Å². The monoisotopic (exact) mass is 752 g/mol. The van der Waals surface area contributed by atoms with Gasteiger partial charge in [0, 0.05) is 12.8 Å². The molecule has 0 aromatic rings. The second-order valence-electron chi connectivity index (χ2n) is 14.3. The van der Waals surface area contributed by atoms with Gasteiger partial charge in [-0.1, -0.05) is 120 Å². The minimum absolute atomic E-state index is 0.0434. The van der Waals surface area contributed by atoms with Crippen molar-refractivity contribution < 1.29 is 42.1 Å². The first-order valence-electron chi connectivity index (χ1n) is 20.0. The minimum Gasteiger partial charge on any atom is -0.756 e. The number of esters is 2. The Morgan fingerprint density at radius 2 is 1.08 bits per heavy atom. The van der Waals surface area contributed by atoms with Gasteiger partial charge in [-0.2, -0.15) is 0 Å². The Hall–Kier alpha value is -2.29. The third kappa shape index (κ3) is 37.5. The number of hydrogen-bond donors (Lipinski definition) is 0. The summed E-state index contributed by atoms with van der Waals surface area (Å²) in [7, 11) is 1.12. The number of carbonyl (C=O) groups is 2. The maximum Gasteiger partial charge on any atom is 0.306 e. The van der Waals surface area contributed by atoms with Gasteiger partial charge in [0.2, 0.25) is 0 Å². The lowest BCUT2D eigenvalue weighted by Gasteiger charge is -2.28. The van der Waals surface area contributed by atoms with Crippen LogP contribution in [0.5, 0.6) is 0 Å². The second kappa shape index (κ2) is 34.5. The molecule has 0 saturated carbocycles. The van der Waals surface area contributed by atoms with E-state index in [1.165, 1.54) is 38.5 Å². The van der Waals surface area contributed by atoms with Crippen molar-refractivity contribution in [2.24, 2.45) is 0 Å². The summed E-state index contributed by atoms with van der Waals surface area (Å²) >= 11 is 0. The van der Waals surface area contributed by atoms with Gasteiger partial charge >= 0.3 is 11.9 Å². The van der Waals surface area contributed by atoms with E-state index >= 15 is 0 Å². The Kier molecular flexibility index (Phi) is 33.0. The quantitative estimate of drug-likeness (QED) is 0.0207. The molecule has 300 valence electrons. The van der Waals surface area contributed by atoms with E-state index in [0.29, 0.717) is 23.9 Å². The van der Waals surface area contributed by atoms with Crippen LogP contribution in [0.25, 0.3) is 0 Å². The van der Waals surface area contributed by atoms with E-state index in [4.69, 9.17) is 18.5 Å². The first-order valence-corrected chi connectivity index (χ1v) is 21.5. The molecular formula is C42H74NO8P. The van der Waals surface area contributed by atoms with Gasteiger partial charge in [-0.15, -0.1) is 0 Å². The van der Waals surface area contributed by atoms with Crippen molar-refractivity contribution in [1.82, 2.24) is 0 Å². The number of ether oxygens (including phenoxy) is 2. The van der Waals surface area contributed by atoms with Gasteiger partial charge in [0.1, 0.15) is 19.8 Å². The molecule has 52 heavy (non-hydrogen) atoms. The predicted octanol–water partition coefficient (Wildman–Crippen LogP) is 10.3. The van der Waals surface area contributed by atoms with Crippen LogP contribution >= 0.6 is 7.82 Å². The highest BCUT2D eigenvalue weighted by Gasteiger charge is 2.21. The Labute approximate surface area is 317 Å². The fourth-order valence-corrected chi connectivity index (χ4v) is 5.53. The predicted molar refractivity (Wildman–Crippen MR) is 213 cm³/mol. The standard InChI is InChI=1S/C42H74NO8P/c1-6-8-10-12-14-16-18-19-20-21-22-23-25-26-28-30-32-34-41(44)48-38-40(39-50-52(46,47)49-37-36-43(3,4)5)51-42(45)35-33-31-29-27-24-17-15-13-11-9-7-2/h13-16,19-20,22-23,26,28,40H,6-12,17-18,21,24-25,27,29-39H2,1-5H3/b15-13-,16-14-,20-19-,23-22-,28-26-/t40-/m1/s1. The number of quaternary nitrogens is 1. The van der Waals surface area contributed by atoms with Crippen molar-refractivity contribution in [3.63, 3.8) is 0 Å². The molecule has 0 fully saturated rings. The van der Waals surface area contributed by atoms with Crippen molar-refractivity contribution >= 4 is 19.8 Å². The summed E-state index contributed by atoms with van der Waals surface area (Å²) in [4.78, 5) is 37.3. The van der Waals surface area contributed by atoms with Gasteiger partial charge in [0.25, 0.3) is 7.82 Å². The fourth-order valence-electron chi connectivity index (χ4n) is 4.80. The van der Waals surface area contributed by atoms with E-state index in [2.05, 4.69) is 68.5 Å². The largest absolute Gasteiger partial charge is 0.756 e. The lowest BCUT2D eigenvalue weighted by molar-refractivity contribution is -0.870. The molecule has 0 heterocycles. The molecule has 0 saturated heterocycles. The summed E-state index contributed by atoms with van der Waals surface area (Å²) in [5.74, 6) is -0.919. The molecule has 0 radical (unpaired) electrons. The number of carbonyl (C=O) groups excluding carboxylic acids is 2. The number of allylic oxidation sites excluding steroid dienone is 10. The highest BCUT2D eigenvalue weighted by molar-refractivity contribution is 7.45. The number of nitrogens with zero attached hydrogens (tertiary/aromatic N) is 1. The smallest absolute Gasteiger partial charge is 0.306 e. The molecule has 1 unspecified atom stereocenters. The summed E-state index contributed by atoms with van der Waals surface area (Å²) < 4.78 is 33.7. The van der Waals surface area contributed by atoms with Gasteiger partial charge in [-0.25, -0.2) is 0 Å². The van der Waals surface area contributed by atoms with Crippen LogP contribution in [0, 0.1) is 0 Å².